The fourth-order valence-corrected chi connectivity index (χ4v) is 0.746. The molecule has 1 aromatic rings. The minimum atomic E-state index is 0.823. The van der Waals surface area contributed by atoms with E-state index in [-0.39, 0.29) is 0 Å². The molecule has 0 aliphatic heterocycles. The van der Waals surface area contributed by atoms with Gasteiger partial charge < -0.3 is 5.32 Å². The topological polar surface area (TPSA) is 12.0 Å². The Hall–Kier alpha value is -1.24. The van der Waals surface area contributed by atoms with Crippen LogP contribution in [0.3, 0.4) is 0 Å². The smallest absolute Gasteiger partial charge is 0.0342 e. The summed E-state index contributed by atoms with van der Waals surface area (Å²) in [6.07, 6.45) is 1.84. The first-order valence-electron chi connectivity index (χ1n) is 4.33. The van der Waals surface area contributed by atoms with Crippen molar-refractivity contribution in [3.05, 3.63) is 43.0 Å². The van der Waals surface area contributed by atoms with Gasteiger partial charge in [-0.2, -0.15) is 0 Å². The van der Waals surface area contributed by atoms with E-state index in [4.69, 9.17) is 0 Å². The normalized spacial score (nSPS) is 7.83. The number of benzene rings is 1. The first-order valence-corrected chi connectivity index (χ1v) is 4.33. The highest BCUT2D eigenvalue weighted by Gasteiger charge is 1.82. The van der Waals surface area contributed by atoms with Crippen molar-refractivity contribution in [1.82, 2.24) is 0 Å². The van der Waals surface area contributed by atoms with Gasteiger partial charge in [-0.3, -0.25) is 0 Å². The Kier molecular flexibility index (Phi) is 7.05. The number of hydrogen-bond acceptors (Lipinski definition) is 1. The molecular weight excluding hydrogens is 146 g/mol. The van der Waals surface area contributed by atoms with Crippen LogP contribution in [0.5, 0.6) is 0 Å². The fourth-order valence-electron chi connectivity index (χ4n) is 0.746. The molecule has 0 saturated heterocycles. The molecule has 1 heteroatoms. The van der Waals surface area contributed by atoms with Gasteiger partial charge in [0.1, 0.15) is 0 Å². The maximum absolute atomic E-state index is 3.61. The highest BCUT2D eigenvalue weighted by molar-refractivity contribution is 5.42. The van der Waals surface area contributed by atoms with Gasteiger partial charge in [0.05, 0.1) is 0 Å². The molecule has 12 heavy (non-hydrogen) atoms. The molecule has 1 aromatic carbocycles. The average molecular weight is 163 g/mol. The van der Waals surface area contributed by atoms with Gasteiger partial charge in [0.15, 0.2) is 0 Å². The molecule has 0 aliphatic carbocycles. The summed E-state index contributed by atoms with van der Waals surface area (Å²) in [5.41, 5.74) is 1.14. The van der Waals surface area contributed by atoms with Gasteiger partial charge in [0.2, 0.25) is 0 Å². The fraction of sp³-hybridized carbons (Fsp3) is 0.273. The van der Waals surface area contributed by atoms with Gasteiger partial charge in [-0.1, -0.05) is 38.1 Å². The number of rotatable bonds is 3. The van der Waals surface area contributed by atoms with Crippen molar-refractivity contribution in [1.29, 1.82) is 0 Å². The molecule has 0 spiro atoms. The minimum absolute atomic E-state index is 0.823. The lowest BCUT2D eigenvalue weighted by Gasteiger charge is -2.00. The highest BCUT2D eigenvalue weighted by atomic mass is 14.8. The molecule has 0 aliphatic rings. The Labute approximate surface area is 75.1 Å². The summed E-state index contributed by atoms with van der Waals surface area (Å²) in [7, 11) is 0. The van der Waals surface area contributed by atoms with Crippen molar-refractivity contribution in [2.45, 2.75) is 13.8 Å². The average Bonchev–Trinajstić information content (AvgIpc) is 2.19. The second-order valence-corrected chi connectivity index (χ2v) is 2.04. The maximum atomic E-state index is 3.61. The van der Waals surface area contributed by atoms with E-state index in [9.17, 15) is 0 Å². The van der Waals surface area contributed by atoms with Crippen LogP contribution in [0.25, 0.3) is 0 Å². The van der Waals surface area contributed by atoms with E-state index in [1.807, 2.05) is 50.3 Å². The first-order chi connectivity index (χ1) is 5.93. The first kappa shape index (κ1) is 10.8. The third-order valence-electron chi connectivity index (χ3n) is 1.22. The zero-order chi connectivity index (χ0) is 9.23. The predicted octanol–water partition coefficient (Wildman–Crippen LogP) is 3.31. The summed E-state index contributed by atoms with van der Waals surface area (Å²) >= 11 is 0. The lowest BCUT2D eigenvalue weighted by atomic mass is 10.3. The molecule has 66 valence electrons. The molecule has 1 rings (SSSR count). The van der Waals surface area contributed by atoms with Gasteiger partial charge in [0.25, 0.3) is 0 Å². The van der Waals surface area contributed by atoms with Gasteiger partial charge >= 0.3 is 0 Å². The van der Waals surface area contributed by atoms with Crippen LogP contribution in [0.15, 0.2) is 43.0 Å². The summed E-state index contributed by atoms with van der Waals surface area (Å²) in [6.45, 7) is 8.44. The van der Waals surface area contributed by atoms with Crippen molar-refractivity contribution in [3.8, 4) is 0 Å². The van der Waals surface area contributed by atoms with Crippen LogP contribution in [-0.2, 0) is 0 Å². The molecule has 0 aromatic heterocycles. The SMILES string of the molecule is C=CCNc1ccccc1.CC. The second-order valence-electron chi connectivity index (χ2n) is 2.04. The second kappa shape index (κ2) is 7.86. The van der Waals surface area contributed by atoms with Gasteiger partial charge in [-0.15, -0.1) is 6.58 Å². The van der Waals surface area contributed by atoms with E-state index in [1.54, 1.807) is 0 Å². The number of hydrogen-bond donors (Lipinski definition) is 1. The lowest BCUT2D eigenvalue weighted by Crippen LogP contribution is -1.96. The van der Waals surface area contributed by atoms with Crippen LogP contribution < -0.4 is 5.32 Å². The molecule has 1 nitrogen and oxygen atoms in total. The van der Waals surface area contributed by atoms with Crippen LogP contribution in [0.2, 0.25) is 0 Å². The van der Waals surface area contributed by atoms with Gasteiger partial charge in [-0.25, -0.2) is 0 Å². The zero-order valence-corrected chi connectivity index (χ0v) is 7.88. The highest BCUT2D eigenvalue weighted by Crippen LogP contribution is 2.03. The quantitative estimate of drug-likeness (QED) is 0.674. The number of nitrogens with one attached hydrogen (secondary N) is 1. The molecule has 0 heterocycles. The lowest BCUT2D eigenvalue weighted by molar-refractivity contribution is 1.34. The number of para-hydroxylation sites is 1. The Morgan fingerprint density at radius 2 is 1.83 bits per heavy atom. The molecule has 0 unspecified atom stereocenters. The molecule has 1 N–H and O–H groups in total. The predicted molar refractivity (Wildman–Crippen MR) is 56.5 cm³/mol. The van der Waals surface area contributed by atoms with Crippen LogP contribution in [0.4, 0.5) is 5.69 Å². The summed E-state index contributed by atoms with van der Waals surface area (Å²) in [4.78, 5) is 0. The summed E-state index contributed by atoms with van der Waals surface area (Å²) < 4.78 is 0. The Morgan fingerprint density at radius 3 is 2.33 bits per heavy atom. The minimum Gasteiger partial charge on any atom is -0.382 e. The van der Waals surface area contributed by atoms with E-state index in [2.05, 4.69) is 11.9 Å². The molecule has 0 amide bonds. The molecule has 0 radical (unpaired) electrons. The molecule has 0 bridgehead atoms. The summed E-state index contributed by atoms with van der Waals surface area (Å²) in [5.74, 6) is 0. The maximum Gasteiger partial charge on any atom is 0.0342 e. The van der Waals surface area contributed by atoms with E-state index in [0.717, 1.165) is 12.2 Å². The molecule has 0 saturated carbocycles. The summed E-state index contributed by atoms with van der Waals surface area (Å²) in [5, 5.41) is 3.18. The van der Waals surface area contributed by atoms with Crippen molar-refractivity contribution in [2.75, 3.05) is 11.9 Å². The van der Waals surface area contributed by atoms with Crippen LogP contribution >= 0.6 is 0 Å². The Morgan fingerprint density at radius 1 is 1.25 bits per heavy atom. The number of anilines is 1. The van der Waals surface area contributed by atoms with Crippen LogP contribution in [0.1, 0.15) is 13.8 Å². The van der Waals surface area contributed by atoms with Crippen molar-refractivity contribution < 1.29 is 0 Å². The Bertz CT molecular complexity index is 191. The van der Waals surface area contributed by atoms with E-state index in [1.165, 1.54) is 0 Å². The molecule has 0 fully saturated rings. The van der Waals surface area contributed by atoms with E-state index >= 15 is 0 Å². The van der Waals surface area contributed by atoms with Crippen molar-refractivity contribution in [3.63, 3.8) is 0 Å². The third kappa shape index (κ3) is 4.56. The van der Waals surface area contributed by atoms with Crippen molar-refractivity contribution >= 4 is 5.69 Å². The monoisotopic (exact) mass is 163 g/mol. The van der Waals surface area contributed by atoms with Gasteiger partial charge in [-0.05, 0) is 12.1 Å². The standard InChI is InChI=1S/C9H11N.C2H6/c1-2-8-10-9-6-4-3-5-7-9;1-2/h2-7,10H,1,8H2;1-2H3. The van der Waals surface area contributed by atoms with Gasteiger partial charge in [0, 0.05) is 12.2 Å². The largest absolute Gasteiger partial charge is 0.382 e. The summed E-state index contributed by atoms with van der Waals surface area (Å²) in [6, 6.07) is 10.1. The van der Waals surface area contributed by atoms with E-state index in [0.29, 0.717) is 0 Å². The van der Waals surface area contributed by atoms with E-state index < -0.39 is 0 Å². The van der Waals surface area contributed by atoms with Crippen LogP contribution in [0, 0.1) is 0 Å². The molecular formula is C11H17N. The van der Waals surface area contributed by atoms with Crippen molar-refractivity contribution in [2.24, 2.45) is 0 Å². The van der Waals surface area contributed by atoms with Crippen LogP contribution in [-0.4, -0.2) is 6.54 Å². The zero-order valence-electron chi connectivity index (χ0n) is 7.88. The Balaban J connectivity index is 0.000000561. The third-order valence-corrected chi connectivity index (χ3v) is 1.22. The molecule has 0 atom stereocenters.